The molecule has 2 amide bonds. The highest BCUT2D eigenvalue weighted by atomic mass is 19.1. The van der Waals surface area contributed by atoms with E-state index in [0.29, 0.717) is 36.6 Å². The van der Waals surface area contributed by atoms with Crippen LogP contribution in [-0.2, 0) is 29.0 Å². The molecule has 0 spiro atoms. The maximum atomic E-state index is 14.3. The lowest BCUT2D eigenvalue weighted by Crippen LogP contribution is -2.48. The number of aryl methyl sites for hydroxylation is 2. The summed E-state index contributed by atoms with van der Waals surface area (Å²) in [4.78, 5) is 32.2. The van der Waals surface area contributed by atoms with E-state index in [4.69, 9.17) is 0 Å². The highest BCUT2D eigenvalue weighted by Gasteiger charge is 2.33. The van der Waals surface area contributed by atoms with Crippen molar-refractivity contribution in [1.29, 1.82) is 0 Å². The van der Waals surface area contributed by atoms with E-state index in [0.717, 1.165) is 76.2 Å². The zero-order valence-corrected chi connectivity index (χ0v) is 25.1. The number of halogens is 2. The molecule has 0 radical (unpaired) electrons. The van der Waals surface area contributed by atoms with Gasteiger partial charge < -0.3 is 20.1 Å². The van der Waals surface area contributed by atoms with Gasteiger partial charge in [-0.2, -0.15) is 0 Å². The fraction of sp³-hybridized carbons (Fsp3) is 0.656. The number of imidazole rings is 1. The highest BCUT2D eigenvalue weighted by Crippen LogP contribution is 2.28. The van der Waals surface area contributed by atoms with Crippen molar-refractivity contribution in [2.75, 3.05) is 18.4 Å². The van der Waals surface area contributed by atoms with Gasteiger partial charge in [0.05, 0.1) is 12.4 Å². The number of anilines is 1. The average Bonchev–Trinajstić information content (AvgIpc) is 3.49. The monoisotopic (exact) mass is 571 g/mol. The zero-order valence-electron chi connectivity index (χ0n) is 25.1. The van der Waals surface area contributed by atoms with Crippen LogP contribution in [0.15, 0.2) is 24.7 Å². The summed E-state index contributed by atoms with van der Waals surface area (Å²) in [6.45, 7) is 11.1. The molecule has 1 aromatic heterocycles. The number of nitrogens with zero attached hydrogens (tertiary/aromatic N) is 3. The van der Waals surface area contributed by atoms with Gasteiger partial charge in [0.15, 0.2) is 5.82 Å². The number of hydrogen-bond acceptors (Lipinski definition) is 4. The minimum Gasteiger partial charge on any atom is -0.342 e. The largest absolute Gasteiger partial charge is 0.342 e. The van der Waals surface area contributed by atoms with E-state index < -0.39 is 17.7 Å². The van der Waals surface area contributed by atoms with Crippen LogP contribution in [0.2, 0.25) is 0 Å². The van der Waals surface area contributed by atoms with Gasteiger partial charge >= 0.3 is 0 Å². The predicted molar refractivity (Wildman–Crippen MR) is 157 cm³/mol. The van der Waals surface area contributed by atoms with Crippen LogP contribution in [0.3, 0.4) is 0 Å². The number of hydrogen-bond donors (Lipinski definition) is 2. The lowest BCUT2D eigenvalue weighted by molar-refractivity contribution is -0.132. The second-order valence-corrected chi connectivity index (χ2v) is 13.1. The molecule has 1 aliphatic carbocycles. The number of benzene rings is 1. The van der Waals surface area contributed by atoms with Crippen LogP contribution in [0, 0.1) is 23.0 Å². The average molecular weight is 572 g/mol. The Labute approximate surface area is 243 Å². The molecule has 2 aromatic rings. The second-order valence-electron chi connectivity index (χ2n) is 13.1. The van der Waals surface area contributed by atoms with Gasteiger partial charge in [0.1, 0.15) is 11.6 Å². The summed E-state index contributed by atoms with van der Waals surface area (Å²) in [6.07, 6.45) is 11.8. The molecule has 226 valence electrons. The Bertz CT molecular complexity index is 1190. The summed E-state index contributed by atoms with van der Waals surface area (Å²) >= 11 is 0. The lowest BCUT2D eigenvalue weighted by atomic mass is 9.87. The summed E-state index contributed by atoms with van der Waals surface area (Å²) in [5, 5.41) is 6.36. The molecule has 1 unspecified atom stereocenters. The highest BCUT2D eigenvalue weighted by molar-refractivity contribution is 5.94. The number of unbranched alkanes of at least 4 members (excludes halogenated alkanes) is 2. The molecule has 1 fully saturated rings. The van der Waals surface area contributed by atoms with Gasteiger partial charge in [-0.25, -0.2) is 13.8 Å². The smallest absolute Gasteiger partial charge is 0.242 e. The van der Waals surface area contributed by atoms with E-state index in [2.05, 4.69) is 36.4 Å². The van der Waals surface area contributed by atoms with Crippen LogP contribution in [0.1, 0.15) is 90.2 Å². The Morgan fingerprint density at radius 2 is 1.98 bits per heavy atom. The third kappa shape index (κ3) is 8.84. The third-order valence-corrected chi connectivity index (χ3v) is 8.22. The molecule has 2 N–H and O–H groups in total. The topological polar surface area (TPSA) is 79.3 Å². The maximum absolute atomic E-state index is 14.3. The second kappa shape index (κ2) is 13.9. The minimum absolute atomic E-state index is 0.0524. The van der Waals surface area contributed by atoms with Crippen LogP contribution in [-0.4, -0.2) is 51.4 Å². The summed E-state index contributed by atoms with van der Waals surface area (Å²) in [6, 6.07) is 1.88. The quantitative estimate of drug-likeness (QED) is 0.295. The van der Waals surface area contributed by atoms with Gasteiger partial charge in [0.25, 0.3) is 0 Å². The van der Waals surface area contributed by atoms with Crippen molar-refractivity contribution < 1.29 is 18.4 Å². The molecule has 2 aliphatic rings. The van der Waals surface area contributed by atoms with Gasteiger partial charge in [-0.3, -0.25) is 9.59 Å². The summed E-state index contributed by atoms with van der Waals surface area (Å²) < 4.78 is 29.9. The molecule has 9 heteroatoms. The summed E-state index contributed by atoms with van der Waals surface area (Å²) in [7, 11) is 0. The molecule has 1 saturated heterocycles. The summed E-state index contributed by atoms with van der Waals surface area (Å²) in [5.41, 5.74) is 1.40. The van der Waals surface area contributed by atoms with Crippen molar-refractivity contribution in [2.24, 2.45) is 11.3 Å². The number of aromatic nitrogens is 2. The standard InChI is InChI=1S/C32H47F2N5O2/c1-5-9-28(36-25-12-11-23-16-24(33)17-27(34)26(23)18-25)30(40)37-29-19-38(21-35-29)14-8-6-7-10-22-13-15-39(31(22)41)20-32(2,3)4/h16-17,19,21-22,25,28,36H,5-15,18,20H2,1-4H3,(H,37,40)/t22?,25-,28-/m0/s1. The molecule has 2 heterocycles. The molecule has 41 heavy (non-hydrogen) atoms. The number of carbonyl (C=O) groups excluding carboxylic acids is 2. The van der Waals surface area contributed by atoms with Crippen LogP contribution < -0.4 is 10.6 Å². The fourth-order valence-corrected chi connectivity index (χ4v) is 6.22. The number of nitrogens with one attached hydrogen (secondary N) is 2. The SMILES string of the molecule is CCC[C@H](N[C@H]1CCc2cc(F)cc(F)c2C1)C(=O)Nc1cn(CCCCCC2CCN(CC(C)(C)C)C2=O)cn1. The fourth-order valence-electron chi connectivity index (χ4n) is 6.22. The maximum Gasteiger partial charge on any atom is 0.242 e. The lowest BCUT2D eigenvalue weighted by Gasteiger charge is -2.29. The van der Waals surface area contributed by atoms with Crippen molar-refractivity contribution in [2.45, 2.75) is 111 Å². The molecule has 4 rings (SSSR count). The van der Waals surface area contributed by atoms with Crippen LogP contribution in [0.5, 0.6) is 0 Å². The molecule has 7 nitrogen and oxygen atoms in total. The third-order valence-electron chi connectivity index (χ3n) is 8.22. The minimum atomic E-state index is -0.543. The number of amides is 2. The van der Waals surface area contributed by atoms with Gasteiger partial charge in [0, 0.05) is 43.9 Å². The van der Waals surface area contributed by atoms with Gasteiger partial charge in [-0.1, -0.05) is 47.0 Å². The first-order chi connectivity index (χ1) is 19.5. The van der Waals surface area contributed by atoms with Crippen molar-refractivity contribution in [1.82, 2.24) is 19.8 Å². The van der Waals surface area contributed by atoms with Crippen LogP contribution >= 0.6 is 0 Å². The van der Waals surface area contributed by atoms with E-state index in [1.807, 2.05) is 22.6 Å². The van der Waals surface area contributed by atoms with E-state index in [1.54, 1.807) is 6.33 Å². The van der Waals surface area contributed by atoms with Gasteiger partial charge in [0.2, 0.25) is 11.8 Å². The van der Waals surface area contributed by atoms with Crippen molar-refractivity contribution >= 4 is 17.6 Å². The molecular formula is C32H47F2N5O2. The Hall–Kier alpha value is -2.81. The predicted octanol–water partition coefficient (Wildman–Crippen LogP) is 5.87. The first-order valence-electron chi connectivity index (χ1n) is 15.4. The first kappa shape index (κ1) is 31.1. The van der Waals surface area contributed by atoms with E-state index in [1.165, 1.54) is 6.07 Å². The van der Waals surface area contributed by atoms with Crippen molar-refractivity contribution in [3.8, 4) is 0 Å². The number of likely N-dealkylation sites (tertiary alicyclic amines) is 1. The molecule has 0 saturated carbocycles. The zero-order chi connectivity index (χ0) is 29.6. The number of fused-ring (bicyclic) bond motifs is 1. The van der Waals surface area contributed by atoms with E-state index in [-0.39, 0.29) is 23.3 Å². The first-order valence-corrected chi connectivity index (χ1v) is 15.4. The normalized spacial score (nSPS) is 19.9. The van der Waals surface area contributed by atoms with E-state index in [9.17, 15) is 18.4 Å². The Morgan fingerprint density at radius 1 is 1.17 bits per heavy atom. The van der Waals surface area contributed by atoms with Gasteiger partial charge in [-0.15, -0.1) is 0 Å². The Balaban J connectivity index is 1.19. The molecule has 0 bridgehead atoms. The van der Waals surface area contributed by atoms with Crippen LogP contribution in [0.4, 0.5) is 14.6 Å². The molecular weight excluding hydrogens is 524 g/mol. The molecule has 3 atom stereocenters. The van der Waals surface area contributed by atoms with E-state index >= 15 is 0 Å². The van der Waals surface area contributed by atoms with Crippen molar-refractivity contribution in [3.63, 3.8) is 0 Å². The Kier molecular flexibility index (Phi) is 10.6. The number of rotatable bonds is 13. The Morgan fingerprint density at radius 3 is 2.73 bits per heavy atom. The van der Waals surface area contributed by atoms with Crippen molar-refractivity contribution in [3.05, 3.63) is 47.4 Å². The molecule has 1 aromatic carbocycles. The molecule has 1 aliphatic heterocycles. The van der Waals surface area contributed by atoms with Gasteiger partial charge in [-0.05, 0) is 67.6 Å². The van der Waals surface area contributed by atoms with Crippen LogP contribution in [0.25, 0.3) is 0 Å². The summed E-state index contributed by atoms with van der Waals surface area (Å²) in [5.74, 6) is -0.195. The number of carbonyl (C=O) groups is 2.